The van der Waals surface area contributed by atoms with E-state index in [9.17, 15) is 4.79 Å². The summed E-state index contributed by atoms with van der Waals surface area (Å²) in [6.07, 6.45) is 2.34. The van der Waals surface area contributed by atoms with E-state index in [4.69, 9.17) is 5.73 Å². The van der Waals surface area contributed by atoms with Crippen LogP contribution in [0.1, 0.15) is 33.6 Å². The molecular formula is C10H20N2O. The molecule has 2 unspecified atom stereocenters. The SMILES string of the molecule is CCN(C(=O)C(C)C(C)N)C1CC1. The van der Waals surface area contributed by atoms with Crippen LogP contribution in [0, 0.1) is 5.92 Å². The Morgan fingerprint density at radius 3 is 2.38 bits per heavy atom. The van der Waals surface area contributed by atoms with Gasteiger partial charge in [0, 0.05) is 18.6 Å². The van der Waals surface area contributed by atoms with Crippen LogP contribution in [-0.4, -0.2) is 29.4 Å². The number of hydrogen-bond donors (Lipinski definition) is 1. The molecule has 0 aliphatic heterocycles. The molecule has 3 heteroatoms. The number of carbonyl (C=O) groups excluding carboxylic acids is 1. The molecule has 13 heavy (non-hydrogen) atoms. The number of amides is 1. The number of rotatable bonds is 4. The van der Waals surface area contributed by atoms with Crippen LogP contribution in [0.15, 0.2) is 0 Å². The Kier molecular flexibility index (Phi) is 3.31. The molecule has 1 rings (SSSR count). The molecule has 0 saturated heterocycles. The fourth-order valence-electron chi connectivity index (χ4n) is 1.47. The molecular weight excluding hydrogens is 164 g/mol. The third-order valence-electron chi connectivity index (χ3n) is 2.79. The quantitative estimate of drug-likeness (QED) is 0.708. The number of nitrogens with two attached hydrogens (primary N) is 1. The molecule has 76 valence electrons. The second-order valence-electron chi connectivity index (χ2n) is 4.00. The summed E-state index contributed by atoms with van der Waals surface area (Å²) in [5.41, 5.74) is 5.70. The van der Waals surface area contributed by atoms with Crippen molar-refractivity contribution in [3.63, 3.8) is 0 Å². The maximum Gasteiger partial charge on any atom is 0.227 e. The van der Waals surface area contributed by atoms with Crippen molar-refractivity contribution in [2.45, 2.75) is 45.7 Å². The van der Waals surface area contributed by atoms with Crippen molar-refractivity contribution in [3.05, 3.63) is 0 Å². The van der Waals surface area contributed by atoms with Gasteiger partial charge in [-0.1, -0.05) is 6.92 Å². The topological polar surface area (TPSA) is 46.3 Å². The van der Waals surface area contributed by atoms with Gasteiger partial charge in [0.15, 0.2) is 0 Å². The Morgan fingerprint density at radius 1 is 1.54 bits per heavy atom. The first-order valence-electron chi connectivity index (χ1n) is 5.14. The number of nitrogens with zero attached hydrogens (tertiary/aromatic N) is 1. The number of carbonyl (C=O) groups is 1. The summed E-state index contributed by atoms with van der Waals surface area (Å²) in [4.78, 5) is 13.8. The molecule has 0 spiro atoms. The third kappa shape index (κ3) is 2.44. The lowest BCUT2D eigenvalue weighted by molar-refractivity contribution is -0.135. The van der Waals surface area contributed by atoms with E-state index in [0.717, 1.165) is 6.54 Å². The molecule has 0 bridgehead atoms. The Balaban J connectivity index is 2.52. The van der Waals surface area contributed by atoms with Crippen molar-refractivity contribution in [1.82, 2.24) is 4.90 Å². The van der Waals surface area contributed by atoms with E-state index >= 15 is 0 Å². The summed E-state index contributed by atoms with van der Waals surface area (Å²) < 4.78 is 0. The molecule has 1 aliphatic carbocycles. The Morgan fingerprint density at radius 2 is 2.08 bits per heavy atom. The largest absolute Gasteiger partial charge is 0.340 e. The Hall–Kier alpha value is -0.570. The van der Waals surface area contributed by atoms with Crippen LogP contribution in [0.25, 0.3) is 0 Å². The lowest BCUT2D eigenvalue weighted by Gasteiger charge is -2.25. The summed E-state index contributed by atoms with van der Waals surface area (Å²) in [6.45, 7) is 6.66. The van der Waals surface area contributed by atoms with Crippen molar-refractivity contribution in [2.75, 3.05) is 6.54 Å². The highest BCUT2D eigenvalue weighted by Crippen LogP contribution is 2.28. The molecule has 0 radical (unpaired) electrons. The van der Waals surface area contributed by atoms with Gasteiger partial charge in [0.25, 0.3) is 0 Å². The summed E-state index contributed by atoms with van der Waals surface area (Å²) in [7, 11) is 0. The molecule has 0 aromatic carbocycles. The van der Waals surface area contributed by atoms with E-state index in [1.54, 1.807) is 0 Å². The van der Waals surface area contributed by atoms with Crippen molar-refractivity contribution in [3.8, 4) is 0 Å². The smallest absolute Gasteiger partial charge is 0.227 e. The van der Waals surface area contributed by atoms with Crippen LogP contribution >= 0.6 is 0 Å². The molecule has 1 saturated carbocycles. The van der Waals surface area contributed by atoms with E-state index in [2.05, 4.69) is 0 Å². The van der Waals surface area contributed by atoms with E-state index in [1.165, 1.54) is 12.8 Å². The molecule has 1 fully saturated rings. The van der Waals surface area contributed by atoms with E-state index in [0.29, 0.717) is 6.04 Å². The van der Waals surface area contributed by atoms with Gasteiger partial charge in [0.2, 0.25) is 5.91 Å². The molecule has 2 N–H and O–H groups in total. The van der Waals surface area contributed by atoms with Gasteiger partial charge in [0.05, 0.1) is 5.92 Å². The maximum atomic E-state index is 11.8. The van der Waals surface area contributed by atoms with Crippen molar-refractivity contribution < 1.29 is 4.79 Å². The Bertz CT molecular complexity index is 187. The fraction of sp³-hybridized carbons (Fsp3) is 0.900. The standard InChI is InChI=1S/C10H20N2O/c1-4-12(9-5-6-9)10(13)7(2)8(3)11/h7-9H,4-6,11H2,1-3H3. The first kappa shape index (κ1) is 10.5. The Labute approximate surface area is 80.3 Å². The predicted octanol–water partition coefficient (Wildman–Crippen LogP) is 0.981. The van der Waals surface area contributed by atoms with Crippen molar-refractivity contribution in [1.29, 1.82) is 0 Å². The minimum atomic E-state index is -0.0414. The monoisotopic (exact) mass is 184 g/mol. The normalized spacial score (nSPS) is 20.9. The molecule has 1 aliphatic rings. The van der Waals surface area contributed by atoms with Gasteiger partial charge < -0.3 is 10.6 Å². The van der Waals surface area contributed by atoms with Gasteiger partial charge in [0.1, 0.15) is 0 Å². The van der Waals surface area contributed by atoms with E-state index < -0.39 is 0 Å². The first-order chi connectivity index (χ1) is 6.07. The zero-order valence-electron chi connectivity index (χ0n) is 8.79. The highest BCUT2D eigenvalue weighted by Gasteiger charge is 2.34. The van der Waals surface area contributed by atoms with Crippen molar-refractivity contribution in [2.24, 2.45) is 11.7 Å². The average molecular weight is 184 g/mol. The van der Waals surface area contributed by atoms with Gasteiger partial charge in [-0.15, -0.1) is 0 Å². The van der Waals surface area contributed by atoms with Gasteiger partial charge >= 0.3 is 0 Å². The summed E-state index contributed by atoms with van der Waals surface area (Å²) in [6, 6.07) is 0.471. The second-order valence-corrected chi connectivity index (χ2v) is 4.00. The van der Waals surface area contributed by atoms with Gasteiger partial charge in [-0.2, -0.15) is 0 Å². The van der Waals surface area contributed by atoms with Crippen molar-refractivity contribution >= 4 is 5.91 Å². The second kappa shape index (κ2) is 4.09. The van der Waals surface area contributed by atoms with Gasteiger partial charge in [-0.3, -0.25) is 4.79 Å². The molecule has 3 nitrogen and oxygen atoms in total. The lowest BCUT2D eigenvalue weighted by atomic mass is 10.0. The first-order valence-corrected chi connectivity index (χ1v) is 5.14. The minimum Gasteiger partial charge on any atom is -0.340 e. The van der Waals surface area contributed by atoms with Crippen LogP contribution in [0.2, 0.25) is 0 Å². The van der Waals surface area contributed by atoms with Crippen LogP contribution < -0.4 is 5.73 Å². The molecule has 1 amide bonds. The zero-order valence-corrected chi connectivity index (χ0v) is 8.79. The van der Waals surface area contributed by atoms with Crippen LogP contribution in [0.5, 0.6) is 0 Å². The van der Waals surface area contributed by atoms with Crippen LogP contribution in [0.3, 0.4) is 0 Å². The zero-order chi connectivity index (χ0) is 10.0. The van der Waals surface area contributed by atoms with E-state index in [1.807, 2.05) is 25.7 Å². The average Bonchev–Trinajstić information content (AvgIpc) is 2.88. The lowest BCUT2D eigenvalue weighted by Crippen LogP contribution is -2.42. The molecule has 2 atom stereocenters. The third-order valence-corrected chi connectivity index (χ3v) is 2.79. The molecule has 0 heterocycles. The summed E-state index contributed by atoms with van der Waals surface area (Å²) in [5.74, 6) is 0.181. The molecule has 0 aromatic heterocycles. The summed E-state index contributed by atoms with van der Waals surface area (Å²) in [5, 5.41) is 0. The number of hydrogen-bond acceptors (Lipinski definition) is 2. The van der Waals surface area contributed by atoms with Crippen LogP contribution in [-0.2, 0) is 4.79 Å². The van der Waals surface area contributed by atoms with Gasteiger partial charge in [-0.05, 0) is 26.7 Å². The summed E-state index contributed by atoms with van der Waals surface area (Å²) >= 11 is 0. The predicted molar refractivity (Wildman–Crippen MR) is 53.2 cm³/mol. The highest BCUT2D eigenvalue weighted by molar-refractivity contribution is 5.79. The maximum absolute atomic E-state index is 11.8. The van der Waals surface area contributed by atoms with Gasteiger partial charge in [-0.25, -0.2) is 0 Å². The van der Waals surface area contributed by atoms with E-state index in [-0.39, 0.29) is 17.9 Å². The minimum absolute atomic E-state index is 0.0412. The fourth-order valence-corrected chi connectivity index (χ4v) is 1.47. The van der Waals surface area contributed by atoms with Crippen LogP contribution in [0.4, 0.5) is 0 Å². The molecule has 0 aromatic rings. The highest BCUT2D eigenvalue weighted by atomic mass is 16.2.